The number of anilines is 1. The number of rotatable bonds is 5. The molecule has 4 N–H and O–H groups in total. The zero-order chi connectivity index (χ0) is 19.8. The van der Waals surface area contributed by atoms with Crippen molar-refractivity contribution in [3.63, 3.8) is 0 Å². The minimum Gasteiger partial charge on any atom is -0.486 e. The van der Waals surface area contributed by atoms with Gasteiger partial charge in [0.15, 0.2) is 17.1 Å². The van der Waals surface area contributed by atoms with Gasteiger partial charge in [0.2, 0.25) is 0 Å². The van der Waals surface area contributed by atoms with Gasteiger partial charge in [0.25, 0.3) is 0 Å². The molecule has 3 heterocycles. The molecular weight excluding hydrogens is 369 g/mol. The predicted octanol–water partition coefficient (Wildman–Crippen LogP) is 1.84. The molecule has 0 saturated carbocycles. The van der Waals surface area contributed by atoms with Crippen LogP contribution in [0.5, 0.6) is 11.5 Å². The van der Waals surface area contributed by atoms with Crippen molar-refractivity contribution in [1.82, 2.24) is 14.6 Å². The summed E-state index contributed by atoms with van der Waals surface area (Å²) in [4.78, 5) is 15.6. The van der Waals surface area contributed by atoms with Gasteiger partial charge in [-0.1, -0.05) is 0 Å². The molecule has 0 amide bonds. The molecule has 0 bridgehead atoms. The van der Waals surface area contributed by atoms with E-state index in [0.29, 0.717) is 22.9 Å². The second-order valence-corrected chi connectivity index (χ2v) is 6.42. The van der Waals surface area contributed by atoms with Gasteiger partial charge < -0.3 is 25.6 Å². The number of carboxylic acid groups (broad SMARTS) is 1. The highest BCUT2D eigenvalue weighted by Gasteiger charge is 2.26. The van der Waals surface area contributed by atoms with E-state index in [1.807, 2.05) is 6.92 Å². The molecule has 1 aliphatic heterocycles. The summed E-state index contributed by atoms with van der Waals surface area (Å²) in [7, 11) is 0. The van der Waals surface area contributed by atoms with Gasteiger partial charge in [-0.25, -0.2) is 18.7 Å². The van der Waals surface area contributed by atoms with Gasteiger partial charge in [-0.3, -0.25) is 0 Å². The van der Waals surface area contributed by atoms with E-state index < -0.39 is 17.8 Å². The summed E-state index contributed by atoms with van der Waals surface area (Å²) in [6, 6.07) is 3.87. The molecule has 146 valence electrons. The number of nitrogens with zero attached hydrogens (tertiary/aromatic N) is 3. The van der Waals surface area contributed by atoms with Crippen LogP contribution in [0.15, 0.2) is 30.6 Å². The van der Waals surface area contributed by atoms with E-state index in [1.54, 1.807) is 12.3 Å². The molecular formula is C18H18FN5O4. The summed E-state index contributed by atoms with van der Waals surface area (Å²) in [6.07, 6.45) is 2.51. The van der Waals surface area contributed by atoms with Gasteiger partial charge >= 0.3 is 5.97 Å². The Labute approximate surface area is 158 Å². The van der Waals surface area contributed by atoms with Gasteiger partial charge in [0.05, 0.1) is 12.2 Å². The van der Waals surface area contributed by atoms with Gasteiger partial charge in [-0.2, -0.15) is 5.10 Å². The minimum atomic E-state index is -1.12. The van der Waals surface area contributed by atoms with Crippen LogP contribution >= 0.6 is 0 Å². The number of carboxylic acids is 1. The van der Waals surface area contributed by atoms with E-state index in [2.05, 4.69) is 15.4 Å². The normalized spacial score (nSPS) is 16.8. The van der Waals surface area contributed by atoms with Crippen molar-refractivity contribution in [2.45, 2.75) is 19.1 Å². The molecule has 1 aromatic carbocycles. The van der Waals surface area contributed by atoms with Gasteiger partial charge in [0, 0.05) is 24.4 Å². The SMILES string of the molecule is CC(Nc1ccn2ncc(C(=O)O)c2n1)c1cc(F)cc2c1O[C@H](CN)CO2. The Morgan fingerprint density at radius 1 is 1.54 bits per heavy atom. The first-order valence-corrected chi connectivity index (χ1v) is 8.63. The van der Waals surface area contributed by atoms with Gasteiger partial charge in [0.1, 0.15) is 29.9 Å². The van der Waals surface area contributed by atoms with Gasteiger partial charge in [-0.15, -0.1) is 0 Å². The van der Waals surface area contributed by atoms with E-state index in [1.165, 1.54) is 22.8 Å². The topological polar surface area (TPSA) is 124 Å². The molecule has 1 unspecified atom stereocenters. The monoisotopic (exact) mass is 387 g/mol. The molecule has 1 aliphatic rings. The number of aromatic carboxylic acids is 1. The second kappa shape index (κ2) is 6.97. The molecule has 0 aliphatic carbocycles. The number of hydrogen-bond acceptors (Lipinski definition) is 7. The fourth-order valence-electron chi connectivity index (χ4n) is 3.04. The maximum absolute atomic E-state index is 14.1. The van der Waals surface area contributed by atoms with E-state index in [0.717, 1.165) is 0 Å². The third kappa shape index (κ3) is 3.18. The van der Waals surface area contributed by atoms with Crippen molar-refractivity contribution < 1.29 is 23.8 Å². The fraction of sp³-hybridized carbons (Fsp3) is 0.278. The highest BCUT2D eigenvalue weighted by atomic mass is 19.1. The summed E-state index contributed by atoms with van der Waals surface area (Å²) < 4.78 is 26.9. The standard InChI is InChI=1S/C18H18FN5O4/c1-9(12-4-10(19)5-14-16(12)28-11(6-20)8-27-14)22-15-2-3-24-17(23-15)13(7-21-24)18(25)26/h2-5,7,9,11H,6,8,20H2,1H3,(H,22,23)(H,25,26)/t9?,11-/m1/s1. The highest BCUT2D eigenvalue weighted by Crippen LogP contribution is 2.40. The Morgan fingerprint density at radius 3 is 3.11 bits per heavy atom. The van der Waals surface area contributed by atoms with Crippen molar-refractivity contribution in [1.29, 1.82) is 0 Å². The maximum atomic E-state index is 14.1. The average molecular weight is 387 g/mol. The van der Waals surface area contributed by atoms with Crippen LogP contribution in [0.4, 0.5) is 10.2 Å². The van der Waals surface area contributed by atoms with Crippen LogP contribution in [0.3, 0.4) is 0 Å². The Balaban J connectivity index is 1.66. The molecule has 9 nitrogen and oxygen atoms in total. The van der Waals surface area contributed by atoms with Gasteiger partial charge in [-0.05, 0) is 19.1 Å². The lowest BCUT2D eigenvalue weighted by atomic mass is 10.1. The number of benzene rings is 1. The van der Waals surface area contributed by atoms with E-state index in [9.17, 15) is 14.3 Å². The summed E-state index contributed by atoms with van der Waals surface area (Å²) in [5.74, 6) is -0.413. The van der Waals surface area contributed by atoms with Crippen molar-refractivity contribution in [2.75, 3.05) is 18.5 Å². The number of fused-ring (bicyclic) bond motifs is 2. The second-order valence-electron chi connectivity index (χ2n) is 6.42. The van der Waals surface area contributed by atoms with Crippen LogP contribution in [-0.4, -0.2) is 44.9 Å². The van der Waals surface area contributed by atoms with E-state index >= 15 is 0 Å². The molecule has 0 saturated heterocycles. The first-order valence-electron chi connectivity index (χ1n) is 8.63. The number of aromatic nitrogens is 3. The first-order chi connectivity index (χ1) is 13.5. The Kier molecular flexibility index (Phi) is 4.47. The summed E-state index contributed by atoms with van der Waals surface area (Å²) in [5, 5.41) is 16.3. The fourth-order valence-corrected chi connectivity index (χ4v) is 3.04. The van der Waals surface area contributed by atoms with Crippen molar-refractivity contribution in [3.8, 4) is 11.5 Å². The highest BCUT2D eigenvalue weighted by molar-refractivity contribution is 5.94. The van der Waals surface area contributed by atoms with Crippen LogP contribution < -0.4 is 20.5 Å². The molecule has 2 atom stereocenters. The van der Waals surface area contributed by atoms with Crippen LogP contribution in [0, 0.1) is 5.82 Å². The zero-order valence-electron chi connectivity index (χ0n) is 14.9. The summed E-state index contributed by atoms with van der Waals surface area (Å²) in [5.41, 5.74) is 6.39. The van der Waals surface area contributed by atoms with Crippen LogP contribution in [0.2, 0.25) is 0 Å². The lowest BCUT2D eigenvalue weighted by Gasteiger charge is -2.29. The largest absolute Gasteiger partial charge is 0.486 e. The van der Waals surface area contributed by atoms with Crippen molar-refractivity contribution >= 4 is 17.4 Å². The number of hydrogen-bond donors (Lipinski definition) is 3. The average Bonchev–Trinajstić information content (AvgIpc) is 3.10. The number of nitrogens with one attached hydrogen (secondary N) is 1. The number of carbonyl (C=O) groups is 1. The third-order valence-corrected chi connectivity index (χ3v) is 4.45. The van der Waals surface area contributed by atoms with Crippen molar-refractivity contribution in [2.24, 2.45) is 5.73 Å². The molecule has 28 heavy (non-hydrogen) atoms. The number of nitrogens with two attached hydrogens (primary N) is 1. The van der Waals surface area contributed by atoms with Crippen LogP contribution in [0.1, 0.15) is 28.9 Å². The molecule has 2 aromatic heterocycles. The molecule has 4 rings (SSSR count). The lowest BCUT2D eigenvalue weighted by Crippen LogP contribution is -2.36. The third-order valence-electron chi connectivity index (χ3n) is 4.45. The zero-order valence-corrected chi connectivity index (χ0v) is 14.9. The minimum absolute atomic E-state index is 0.0121. The summed E-state index contributed by atoms with van der Waals surface area (Å²) in [6.45, 7) is 2.34. The number of ether oxygens (including phenoxy) is 2. The van der Waals surface area contributed by atoms with Crippen LogP contribution in [-0.2, 0) is 0 Å². The smallest absolute Gasteiger partial charge is 0.341 e. The molecule has 10 heteroatoms. The first kappa shape index (κ1) is 18.0. The number of halogens is 1. The van der Waals surface area contributed by atoms with Crippen LogP contribution in [0.25, 0.3) is 5.65 Å². The molecule has 3 aromatic rings. The van der Waals surface area contributed by atoms with Crippen molar-refractivity contribution in [3.05, 3.63) is 47.5 Å². The van der Waals surface area contributed by atoms with E-state index in [-0.39, 0.29) is 30.5 Å². The lowest BCUT2D eigenvalue weighted by molar-refractivity contribution is 0.0698. The molecule has 0 radical (unpaired) electrons. The Hall–Kier alpha value is -3.40. The quantitative estimate of drug-likeness (QED) is 0.606. The Morgan fingerprint density at radius 2 is 2.36 bits per heavy atom. The predicted molar refractivity (Wildman–Crippen MR) is 97.3 cm³/mol. The summed E-state index contributed by atoms with van der Waals surface area (Å²) >= 11 is 0. The maximum Gasteiger partial charge on any atom is 0.341 e. The Bertz CT molecular complexity index is 1050. The van der Waals surface area contributed by atoms with E-state index in [4.69, 9.17) is 15.2 Å². The molecule has 0 spiro atoms. The molecule has 0 fully saturated rings.